The highest BCUT2D eigenvalue weighted by Crippen LogP contribution is 2.25. The van der Waals surface area contributed by atoms with Crippen molar-refractivity contribution in [2.75, 3.05) is 25.1 Å². The van der Waals surface area contributed by atoms with E-state index in [1.807, 2.05) is 13.0 Å². The van der Waals surface area contributed by atoms with Crippen LogP contribution in [0.3, 0.4) is 0 Å². The molecule has 1 aromatic rings. The zero-order valence-corrected chi connectivity index (χ0v) is 13.9. The molecule has 0 radical (unpaired) electrons. The lowest BCUT2D eigenvalue weighted by Crippen LogP contribution is -2.47. The number of nitrogens with zero attached hydrogens (tertiary/aromatic N) is 2. The standard InChI is InChI=1S/C14H24N4O3S/c1-11(6-9-22(2,20)21)16-14(19)18-8-3-4-12(10-18)13-5-7-15-17-13/h5,7,11-12H,3-4,6,8-10H2,1-2H3,(H,15,17)(H,16,19)/t11-,12-/m0/s1. The highest BCUT2D eigenvalue weighted by molar-refractivity contribution is 7.90. The maximum Gasteiger partial charge on any atom is 0.317 e. The van der Waals surface area contributed by atoms with Gasteiger partial charge < -0.3 is 10.2 Å². The Bertz CT molecular complexity index is 585. The number of rotatable bonds is 5. The van der Waals surface area contributed by atoms with Gasteiger partial charge in [-0.2, -0.15) is 5.10 Å². The van der Waals surface area contributed by atoms with Crippen LogP contribution in [0.4, 0.5) is 4.79 Å². The molecular weight excluding hydrogens is 304 g/mol. The lowest BCUT2D eigenvalue weighted by atomic mass is 9.95. The summed E-state index contributed by atoms with van der Waals surface area (Å²) in [5.41, 5.74) is 1.06. The van der Waals surface area contributed by atoms with Gasteiger partial charge in [0.1, 0.15) is 9.84 Å². The average molecular weight is 328 g/mol. The SMILES string of the molecule is C[C@@H](CCS(C)(=O)=O)NC(=O)N1CCC[C@H](c2ccn[nH]2)C1. The quantitative estimate of drug-likeness (QED) is 0.847. The molecule has 1 aliphatic rings. The molecule has 0 bridgehead atoms. The van der Waals surface area contributed by atoms with Crippen molar-refractivity contribution in [2.24, 2.45) is 0 Å². The maximum atomic E-state index is 12.3. The number of likely N-dealkylation sites (tertiary alicyclic amines) is 1. The van der Waals surface area contributed by atoms with Crippen LogP contribution < -0.4 is 5.32 Å². The Morgan fingerprint density at radius 1 is 1.59 bits per heavy atom. The predicted molar refractivity (Wildman–Crippen MR) is 84.5 cm³/mol. The van der Waals surface area contributed by atoms with Crippen molar-refractivity contribution in [3.05, 3.63) is 18.0 Å². The number of aromatic nitrogens is 2. The van der Waals surface area contributed by atoms with E-state index in [0.717, 1.165) is 25.1 Å². The molecule has 1 fully saturated rings. The van der Waals surface area contributed by atoms with Gasteiger partial charge in [0.15, 0.2) is 0 Å². The lowest BCUT2D eigenvalue weighted by Gasteiger charge is -2.33. The van der Waals surface area contributed by atoms with Crippen molar-refractivity contribution < 1.29 is 13.2 Å². The minimum absolute atomic E-state index is 0.0885. The number of nitrogens with one attached hydrogen (secondary N) is 2. The number of carbonyl (C=O) groups excluding carboxylic acids is 1. The number of urea groups is 1. The molecule has 22 heavy (non-hydrogen) atoms. The summed E-state index contributed by atoms with van der Waals surface area (Å²) >= 11 is 0. The van der Waals surface area contributed by atoms with Crippen LogP contribution in [0.1, 0.15) is 37.8 Å². The maximum absolute atomic E-state index is 12.3. The summed E-state index contributed by atoms with van der Waals surface area (Å²) in [6, 6.07) is 1.67. The van der Waals surface area contributed by atoms with Gasteiger partial charge in [0.2, 0.25) is 0 Å². The summed E-state index contributed by atoms with van der Waals surface area (Å²) in [7, 11) is -2.99. The fraction of sp³-hybridized carbons (Fsp3) is 0.714. The molecule has 0 spiro atoms. The Kier molecular flexibility index (Phi) is 5.44. The van der Waals surface area contributed by atoms with Crippen molar-refractivity contribution in [1.29, 1.82) is 0 Å². The Balaban J connectivity index is 1.84. The fourth-order valence-electron chi connectivity index (χ4n) is 2.67. The molecule has 2 heterocycles. The van der Waals surface area contributed by atoms with Crippen LogP contribution in [0.25, 0.3) is 0 Å². The monoisotopic (exact) mass is 328 g/mol. The number of amides is 2. The van der Waals surface area contributed by atoms with E-state index in [0.29, 0.717) is 13.0 Å². The van der Waals surface area contributed by atoms with Gasteiger partial charge in [0, 0.05) is 43.2 Å². The lowest BCUT2D eigenvalue weighted by molar-refractivity contribution is 0.175. The minimum atomic E-state index is -2.99. The second-order valence-corrected chi connectivity index (χ2v) is 8.33. The topological polar surface area (TPSA) is 95.2 Å². The van der Waals surface area contributed by atoms with Crippen LogP contribution in [-0.4, -0.2) is 60.7 Å². The highest BCUT2D eigenvalue weighted by atomic mass is 32.2. The molecule has 2 rings (SSSR count). The first-order valence-corrected chi connectivity index (χ1v) is 9.63. The van der Waals surface area contributed by atoms with Crippen LogP contribution >= 0.6 is 0 Å². The second-order valence-electron chi connectivity index (χ2n) is 6.07. The number of carbonyl (C=O) groups is 1. The molecule has 8 heteroatoms. The van der Waals surface area contributed by atoms with E-state index in [-0.39, 0.29) is 23.7 Å². The van der Waals surface area contributed by atoms with Crippen LogP contribution in [0.2, 0.25) is 0 Å². The number of piperidine rings is 1. The van der Waals surface area contributed by atoms with Gasteiger partial charge in [-0.25, -0.2) is 13.2 Å². The number of hydrogen-bond donors (Lipinski definition) is 2. The van der Waals surface area contributed by atoms with Crippen LogP contribution in [0.5, 0.6) is 0 Å². The summed E-state index contributed by atoms with van der Waals surface area (Å²) < 4.78 is 22.3. The molecule has 7 nitrogen and oxygen atoms in total. The molecule has 2 amide bonds. The third-order valence-corrected chi connectivity index (χ3v) is 4.94. The van der Waals surface area contributed by atoms with Crippen LogP contribution in [0, 0.1) is 0 Å². The van der Waals surface area contributed by atoms with Gasteiger partial charge in [-0.3, -0.25) is 5.10 Å². The van der Waals surface area contributed by atoms with Crippen LogP contribution in [0.15, 0.2) is 12.3 Å². The van der Waals surface area contributed by atoms with E-state index in [2.05, 4.69) is 15.5 Å². The van der Waals surface area contributed by atoms with Gasteiger partial charge in [0.05, 0.1) is 5.75 Å². The number of hydrogen-bond acceptors (Lipinski definition) is 4. The third-order valence-electron chi connectivity index (χ3n) is 3.96. The number of sulfone groups is 1. The highest BCUT2D eigenvalue weighted by Gasteiger charge is 2.26. The Morgan fingerprint density at radius 3 is 3.00 bits per heavy atom. The molecule has 2 atom stereocenters. The van der Waals surface area contributed by atoms with Gasteiger partial charge in [0.25, 0.3) is 0 Å². The minimum Gasteiger partial charge on any atom is -0.336 e. The Hall–Kier alpha value is -1.57. The molecule has 124 valence electrons. The summed E-state index contributed by atoms with van der Waals surface area (Å²) in [5, 5.41) is 9.82. The van der Waals surface area contributed by atoms with E-state index in [9.17, 15) is 13.2 Å². The second kappa shape index (κ2) is 7.13. The molecule has 1 aromatic heterocycles. The molecular formula is C14H24N4O3S. The van der Waals surface area contributed by atoms with Gasteiger partial charge in [-0.15, -0.1) is 0 Å². The van der Waals surface area contributed by atoms with Gasteiger partial charge in [-0.1, -0.05) is 0 Å². The fourth-order valence-corrected chi connectivity index (χ4v) is 3.46. The number of aromatic amines is 1. The average Bonchev–Trinajstić information content (AvgIpc) is 2.99. The van der Waals surface area contributed by atoms with Gasteiger partial charge >= 0.3 is 6.03 Å². The summed E-state index contributed by atoms with van der Waals surface area (Å²) in [6.07, 6.45) is 5.36. The van der Waals surface area contributed by atoms with Crippen molar-refractivity contribution in [3.63, 3.8) is 0 Å². The molecule has 1 aliphatic heterocycles. The van der Waals surface area contributed by atoms with E-state index in [1.54, 1.807) is 11.1 Å². The van der Waals surface area contributed by atoms with Gasteiger partial charge in [-0.05, 0) is 32.3 Å². The first-order valence-electron chi connectivity index (χ1n) is 7.57. The molecule has 2 N–H and O–H groups in total. The molecule has 0 saturated carbocycles. The zero-order chi connectivity index (χ0) is 16.2. The Morgan fingerprint density at radius 2 is 2.36 bits per heavy atom. The van der Waals surface area contributed by atoms with Crippen LogP contribution in [-0.2, 0) is 9.84 Å². The van der Waals surface area contributed by atoms with Crippen molar-refractivity contribution in [1.82, 2.24) is 20.4 Å². The summed E-state index contributed by atoms with van der Waals surface area (Å²) in [4.78, 5) is 14.1. The largest absolute Gasteiger partial charge is 0.336 e. The molecule has 0 aliphatic carbocycles. The van der Waals surface area contributed by atoms with Crippen molar-refractivity contribution >= 4 is 15.9 Å². The molecule has 0 unspecified atom stereocenters. The predicted octanol–water partition coefficient (Wildman–Crippen LogP) is 1.12. The number of H-pyrrole nitrogens is 1. The molecule has 0 aromatic carbocycles. The third kappa shape index (κ3) is 5.01. The Labute approximate surface area is 131 Å². The first-order chi connectivity index (χ1) is 10.3. The van der Waals surface area contributed by atoms with Crippen molar-refractivity contribution in [3.8, 4) is 0 Å². The van der Waals surface area contributed by atoms with E-state index in [1.165, 1.54) is 6.26 Å². The first kappa shape index (κ1) is 16.8. The normalized spacial score (nSPS) is 20.6. The zero-order valence-electron chi connectivity index (χ0n) is 13.1. The van der Waals surface area contributed by atoms with E-state index in [4.69, 9.17) is 0 Å². The molecule has 1 saturated heterocycles. The van der Waals surface area contributed by atoms with E-state index >= 15 is 0 Å². The summed E-state index contributed by atoms with van der Waals surface area (Å²) in [5.74, 6) is 0.374. The smallest absolute Gasteiger partial charge is 0.317 e. The van der Waals surface area contributed by atoms with Crippen molar-refractivity contribution in [2.45, 2.75) is 38.1 Å². The summed E-state index contributed by atoms with van der Waals surface area (Å²) in [6.45, 7) is 3.22. The van der Waals surface area contributed by atoms with E-state index < -0.39 is 9.84 Å².